The summed E-state index contributed by atoms with van der Waals surface area (Å²) < 4.78 is 11.9. The van der Waals surface area contributed by atoms with E-state index in [0.717, 1.165) is 27.2 Å². The lowest BCUT2D eigenvalue weighted by atomic mass is 10.1. The molecule has 1 aromatic heterocycles. The van der Waals surface area contributed by atoms with Crippen LogP contribution in [0.2, 0.25) is 0 Å². The maximum absolute atomic E-state index is 12.1. The Hall–Kier alpha value is -1.80. The number of thioether (sulfide) groups is 1. The number of benzene rings is 1. The first-order valence-electron chi connectivity index (χ1n) is 8.25. The van der Waals surface area contributed by atoms with Gasteiger partial charge in [0, 0.05) is 12.2 Å². The Bertz CT molecular complexity index is 734. The van der Waals surface area contributed by atoms with Gasteiger partial charge in [-0.05, 0) is 30.0 Å². The molecule has 2 heterocycles. The molecule has 8 heteroatoms. The third kappa shape index (κ3) is 5.34. The largest absolute Gasteiger partial charge is 0.486 e. The molecule has 2 aromatic rings. The molecular weight excluding hydrogens is 358 g/mol. The zero-order valence-electron chi connectivity index (χ0n) is 14.3. The Morgan fingerprint density at radius 1 is 1.28 bits per heavy atom. The van der Waals surface area contributed by atoms with Gasteiger partial charge in [-0.2, -0.15) is 0 Å². The Balaban J connectivity index is 1.48. The molecule has 1 N–H and O–H groups in total. The van der Waals surface area contributed by atoms with Crippen molar-refractivity contribution >= 4 is 34.1 Å². The molecule has 1 aliphatic heterocycles. The summed E-state index contributed by atoms with van der Waals surface area (Å²) in [5, 5.41) is 11.5. The van der Waals surface area contributed by atoms with E-state index in [4.69, 9.17) is 9.47 Å². The second-order valence-electron chi connectivity index (χ2n) is 6.10. The van der Waals surface area contributed by atoms with Crippen LogP contribution in [0.4, 0.5) is 5.13 Å². The third-order valence-electron chi connectivity index (χ3n) is 3.44. The fourth-order valence-electron chi connectivity index (χ4n) is 2.24. The molecule has 0 aliphatic carbocycles. The van der Waals surface area contributed by atoms with Crippen LogP contribution in [0.15, 0.2) is 22.5 Å². The molecule has 134 valence electrons. The van der Waals surface area contributed by atoms with Gasteiger partial charge in [0.2, 0.25) is 11.0 Å². The van der Waals surface area contributed by atoms with Gasteiger partial charge in [0.1, 0.15) is 13.2 Å². The van der Waals surface area contributed by atoms with Crippen LogP contribution in [-0.4, -0.2) is 35.1 Å². The third-order valence-corrected chi connectivity index (χ3v) is 5.84. The van der Waals surface area contributed by atoms with Gasteiger partial charge in [-0.25, -0.2) is 0 Å². The van der Waals surface area contributed by atoms with E-state index in [0.29, 0.717) is 37.1 Å². The molecule has 0 fully saturated rings. The Labute approximate surface area is 155 Å². The van der Waals surface area contributed by atoms with Crippen LogP contribution < -0.4 is 14.8 Å². The molecule has 1 aliphatic rings. The van der Waals surface area contributed by atoms with E-state index in [1.54, 1.807) is 11.8 Å². The Morgan fingerprint density at radius 2 is 2.08 bits per heavy atom. The monoisotopic (exact) mass is 379 g/mol. The lowest BCUT2D eigenvalue weighted by Gasteiger charge is -2.18. The molecule has 0 saturated heterocycles. The van der Waals surface area contributed by atoms with Crippen molar-refractivity contribution in [1.82, 2.24) is 10.2 Å². The number of ether oxygens (including phenoxy) is 2. The number of anilines is 1. The highest BCUT2D eigenvalue weighted by atomic mass is 32.2. The van der Waals surface area contributed by atoms with Crippen LogP contribution in [0.3, 0.4) is 0 Å². The fourth-order valence-corrected chi connectivity index (χ4v) is 3.98. The SMILES string of the molecule is CC(C)CSc1nnc(NC(=O)CCc2ccc3c(c2)OCCO3)s1. The first-order chi connectivity index (χ1) is 12.1. The summed E-state index contributed by atoms with van der Waals surface area (Å²) in [6.45, 7) is 5.46. The summed E-state index contributed by atoms with van der Waals surface area (Å²) in [6, 6.07) is 5.80. The smallest absolute Gasteiger partial charge is 0.226 e. The average Bonchev–Trinajstić information content (AvgIpc) is 3.05. The molecule has 0 spiro atoms. The summed E-state index contributed by atoms with van der Waals surface area (Å²) in [5.41, 5.74) is 1.05. The van der Waals surface area contributed by atoms with E-state index in [9.17, 15) is 4.79 Å². The maximum Gasteiger partial charge on any atom is 0.226 e. The molecule has 0 bridgehead atoms. The second kappa shape index (κ2) is 8.53. The first kappa shape index (κ1) is 18.0. The zero-order chi connectivity index (χ0) is 17.6. The molecule has 0 atom stereocenters. The maximum atomic E-state index is 12.1. The summed E-state index contributed by atoms with van der Waals surface area (Å²) >= 11 is 3.08. The number of nitrogens with zero attached hydrogens (tertiary/aromatic N) is 2. The van der Waals surface area contributed by atoms with Crippen LogP contribution in [0.1, 0.15) is 25.8 Å². The van der Waals surface area contributed by atoms with E-state index in [1.165, 1.54) is 11.3 Å². The average molecular weight is 380 g/mol. The number of hydrogen-bond acceptors (Lipinski definition) is 7. The van der Waals surface area contributed by atoms with Crippen LogP contribution in [-0.2, 0) is 11.2 Å². The van der Waals surface area contributed by atoms with E-state index in [-0.39, 0.29) is 5.91 Å². The minimum Gasteiger partial charge on any atom is -0.486 e. The molecule has 6 nitrogen and oxygen atoms in total. The van der Waals surface area contributed by atoms with Crippen molar-refractivity contribution in [3.05, 3.63) is 23.8 Å². The van der Waals surface area contributed by atoms with Crippen molar-refractivity contribution in [2.45, 2.75) is 31.0 Å². The number of fused-ring (bicyclic) bond motifs is 1. The van der Waals surface area contributed by atoms with Gasteiger partial charge in [0.25, 0.3) is 0 Å². The van der Waals surface area contributed by atoms with Crippen LogP contribution >= 0.6 is 23.1 Å². The summed E-state index contributed by atoms with van der Waals surface area (Å²) in [5.74, 6) is 3.04. The molecule has 0 saturated carbocycles. The Kier molecular flexibility index (Phi) is 6.14. The van der Waals surface area contributed by atoms with E-state index >= 15 is 0 Å². The second-order valence-corrected chi connectivity index (χ2v) is 8.35. The van der Waals surface area contributed by atoms with Crippen molar-refractivity contribution in [2.75, 3.05) is 24.3 Å². The number of carbonyl (C=O) groups is 1. The normalized spacial score (nSPS) is 13.1. The molecule has 25 heavy (non-hydrogen) atoms. The lowest BCUT2D eigenvalue weighted by Crippen LogP contribution is -2.15. The summed E-state index contributed by atoms with van der Waals surface area (Å²) in [7, 11) is 0. The van der Waals surface area contributed by atoms with E-state index in [1.807, 2.05) is 18.2 Å². The van der Waals surface area contributed by atoms with Gasteiger partial charge in [-0.15, -0.1) is 10.2 Å². The number of carbonyl (C=O) groups excluding carboxylic acids is 1. The van der Waals surface area contributed by atoms with Crippen molar-refractivity contribution in [1.29, 1.82) is 0 Å². The number of aromatic nitrogens is 2. The van der Waals surface area contributed by atoms with E-state index < -0.39 is 0 Å². The highest BCUT2D eigenvalue weighted by molar-refractivity contribution is 8.01. The quantitative estimate of drug-likeness (QED) is 0.585. The van der Waals surface area contributed by atoms with Gasteiger partial charge in [-0.1, -0.05) is 43.0 Å². The molecule has 1 aromatic carbocycles. The molecule has 0 radical (unpaired) electrons. The van der Waals surface area contributed by atoms with Crippen LogP contribution in [0.5, 0.6) is 11.5 Å². The molecule has 3 rings (SSSR count). The predicted molar refractivity (Wildman–Crippen MR) is 99.9 cm³/mol. The van der Waals surface area contributed by atoms with Crippen molar-refractivity contribution in [3.8, 4) is 11.5 Å². The van der Waals surface area contributed by atoms with Crippen LogP contribution in [0.25, 0.3) is 0 Å². The van der Waals surface area contributed by atoms with Gasteiger partial charge in [0.15, 0.2) is 15.8 Å². The molecule has 0 unspecified atom stereocenters. The standard InChI is InChI=1S/C17H21N3O3S2/c1-11(2)10-24-17-20-19-16(25-17)18-15(21)6-4-12-3-5-13-14(9-12)23-8-7-22-13/h3,5,9,11H,4,6-8,10H2,1-2H3,(H,18,19,21). The fraction of sp³-hybridized carbons (Fsp3) is 0.471. The molecule has 1 amide bonds. The number of amides is 1. The first-order valence-corrected chi connectivity index (χ1v) is 10.0. The highest BCUT2D eigenvalue weighted by Crippen LogP contribution is 2.31. The summed E-state index contributed by atoms with van der Waals surface area (Å²) in [6.07, 6.45) is 1.02. The van der Waals surface area contributed by atoms with Crippen molar-refractivity contribution in [2.24, 2.45) is 5.92 Å². The highest BCUT2D eigenvalue weighted by Gasteiger charge is 2.13. The Morgan fingerprint density at radius 3 is 2.88 bits per heavy atom. The molecular formula is C17H21N3O3S2. The van der Waals surface area contributed by atoms with Gasteiger partial charge < -0.3 is 14.8 Å². The minimum atomic E-state index is -0.0635. The minimum absolute atomic E-state index is 0.0635. The van der Waals surface area contributed by atoms with Crippen molar-refractivity contribution in [3.63, 3.8) is 0 Å². The number of hydrogen-bond donors (Lipinski definition) is 1. The van der Waals surface area contributed by atoms with Gasteiger partial charge >= 0.3 is 0 Å². The number of nitrogens with one attached hydrogen (secondary N) is 1. The number of aryl methyl sites for hydroxylation is 1. The van der Waals surface area contributed by atoms with Gasteiger partial charge in [-0.3, -0.25) is 4.79 Å². The van der Waals surface area contributed by atoms with E-state index in [2.05, 4.69) is 29.4 Å². The van der Waals surface area contributed by atoms with Crippen LogP contribution in [0, 0.1) is 5.92 Å². The number of rotatable bonds is 7. The van der Waals surface area contributed by atoms with Gasteiger partial charge in [0.05, 0.1) is 0 Å². The predicted octanol–water partition coefficient (Wildman–Crippen LogP) is 3.63. The summed E-state index contributed by atoms with van der Waals surface area (Å²) in [4.78, 5) is 12.1. The van der Waals surface area contributed by atoms with Crippen molar-refractivity contribution < 1.29 is 14.3 Å². The topological polar surface area (TPSA) is 73.3 Å². The zero-order valence-corrected chi connectivity index (χ0v) is 15.9. The lowest BCUT2D eigenvalue weighted by molar-refractivity contribution is -0.116.